The molecule has 0 bridgehead atoms. The third kappa shape index (κ3) is 4.55. The number of halogens is 2. The van der Waals surface area contributed by atoms with Gasteiger partial charge >= 0.3 is 12.0 Å². The fourth-order valence-corrected chi connectivity index (χ4v) is 2.91. The van der Waals surface area contributed by atoms with Crippen LogP contribution < -0.4 is 10.1 Å². The Kier molecular flexibility index (Phi) is 6.06. The van der Waals surface area contributed by atoms with E-state index >= 15 is 0 Å². The van der Waals surface area contributed by atoms with Crippen LogP contribution >= 0.6 is 11.6 Å². The molecule has 28 heavy (non-hydrogen) atoms. The van der Waals surface area contributed by atoms with Gasteiger partial charge in [-0.2, -0.15) is 9.97 Å². The number of aromatic nitrogens is 2. The Balaban J connectivity index is 1.81. The van der Waals surface area contributed by atoms with E-state index < -0.39 is 5.97 Å². The normalized spacial score (nSPS) is 10.5. The summed E-state index contributed by atoms with van der Waals surface area (Å²) in [6, 6.07) is 12.8. The molecule has 0 spiro atoms. The highest BCUT2D eigenvalue weighted by molar-refractivity contribution is 6.31. The van der Waals surface area contributed by atoms with Crippen LogP contribution in [0.2, 0.25) is 5.02 Å². The van der Waals surface area contributed by atoms with Crippen molar-refractivity contribution in [1.29, 1.82) is 0 Å². The van der Waals surface area contributed by atoms with E-state index in [1.165, 1.54) is 25.3 Å². The molecule has 0 aliphatic rings. The topological polar surface area (TPSA) is 84.3 Å². The fourth-order valence-electron chi connectivity index (χ4n) is 2.65. The second-order valence-electron chi connectivity index (χ2n) is 5.89. The molecule has 0 amide bonds. The molecule has 0 saturated heterocycles. The summed E-state index contributed by atoms with van der Waals surface area (Å²) in [5.74, 6) is -0.918. The molecule has 6 nitrogen and oxygen atoms in total. The predicted molar refractivity (Wildman–Crippen MR) is 105 cm³/mol. The van der Waals surface area contributed by atoms with Crippen molar-refractivity contribution in [3.8, 4) is 17.3 Å². The van der Waals surface area contributed by atoms with Gasteiger partial charge in [-0.25, -0.2) is 9.18 Å². The number of ether oxygens (including phenoxy) is 1. The zero-order valence-corrected chi connectivity index (χ0v) is 15.7. The zero-order valence-electron chi connectivity index (χ0n) is 14.9. The Morgan fingerprint density at radius 3 is 2.71 bits per heavy atom. The standard InChI is InChI=1S/C20H17ClFN3O3/c1-28-20-24-17(12-4-2-5-13(10-12)19(26)27)11-18(25-20)23-9-8-14-15(21)6-3-7-16(14)22/h2-7,10-11H,8-9H2,1H3,(H,26,27)(H,23,24,25). The minimum Gasteiger partial charge on any atom is -0.478 e. The third-order valence-electron chi connectivity index (χ3n) is 4.04. The molecular weight excluding hydrogens is 385 g/mol. The Hall–Kier alpha value is -3.19. The van der Waals surface area contributed by atoms with Crippen molar-refractivity contribution >= 4 is 23.4 Å². The van der Waals surface area contributed by atoms with Gasteiger partial charge in [0.25, 0.3) is 0 Å². The Bertz CT molecular complexity index is 993. The molecule has 0 radical (unpaired) electrons. The molecule has 3 aromatic rings. The molecule has 0 saturated carbocycles. The highest BCUT2D eigenvalue weighted by Crippen LogP contribution is 2.24. The van der Waals surface area contributed by atoms with E-state index in [9.17, 15) is 9.18 Å². The first-order valence-electron chi connectivity index (χ1n) is 8.41. The molecule has 0 aliphatic heterocycles. The minimum absolute atomic E-state index is 0.129. The maximum atomic E-state index is 13.9. The van der Waals surface area contributed by atoms with E-state index in [1.807, 2.05) is 0 Å². The van der Waals surface area contributed by atoms with Crippen molar-refractivity contribution in [2.75, 3.05) is 19.0 Å². The number of hydrogen-bond acceptors (Lipinski definition) is 5. The summed E-state index contributed by atoms with van der Waals surface area (Å²) in [7, 11) is 1.44. The van der Waals surface area contributed by atoms with Crippen LogP contribution in [-0.4, -0.2) is 34.7 Å². The van der Waals surface area contributed by atoms with Crippen molar-refractivity contribution in [3.05, 3.63) is 70.5 Å². The number of anilines is 1. The van der Waals surface area contributed by atoms with E-state index in [-0.39, 0.29) is 17.4 Å². The lowest BCUT2D eigenvalue weighted by atomic mass is 10.1. The molecular formula is C20H17ClFN3O3. The summed E-state index contributed by atoms with van der Waals surface area (Å²) >= 11 is 6.04. The number of hydrogen-bond donors (Lipinski definition) is 2. The number of aromatic carboxylic acids is 1. The van der Waals surface area contributed by atoms with Crippen LogP contribution in [0.25, 0.3) is 11.3 Å². The third-order valence-corrected chi connectivity index (χ3v) is 4.39. The van der Waals surface area contributed by atoms with Crippen LogP contribution in [0.15, 0.2) is 48.5 Å². The van der Waals surface area contributed by atoms with Crippen molar-refractivity contribution in [1.82, 2.24) is 9.97 Å². The number of rotatable bonds is 7. The van der Waals surface area contributed by atoms with Gasteiger partial charge in [-0.1, -0.05) is 29.8 Å². The molecule has 8 heteroatoms. The molecule has 1 heterocycles. The lowest BCUT2D eigenvalue weighted by molar-refractivity contribution is 0.0697. The van der Waals surface area contributed by atoms with Gasteiger partial charge in [-0.3, -0.25) is 0 Å². The molecule has 3 rings (SSSR count). The van der Waals surface area contributed by atoms with E-state index in [0.717, 1.165) is 0 Å². The fraction of sp³-hybridized carbons (Fsp3) is 0.150. The number of methoxy groups -OCH3 is 1. The van der Waals surface area contributed by atoms with E-state index in [4.69, 9.17) is 21.4 Å². The van der Waals surface area contributed by atoms with Gasteiger partial charge in [0.2, 0.25) is 0 Å². The van der Waals surface area contributed by atoms with Gasteiger partial charge in [-0.05, 0) is 30.7 Å². The molecule has 0 atom stereocenters. The van der Waals surface area contributed by atoms with E-state index in [1.54, 1.807) is 30.3 Å². The van der Waals surface area contributed by atoms with Crippen LogP contribution in [0.3, 0.4) is 0 Å². The second-order valence-corrected chi connectivity index (χ2v) is 6.30. The predicted octanol–water partition coefficient (Wildman–Crippen LogP) is 4.30. The van der Waals surface area contributed by atoms with Crippen molar-refractivity contribution in [3.63, 3.8) is 0 Å². The SMILES string of the molecule is COc1nc(NCCc2c(F)cccc2Cl)cc(-c2cccc(C(=O)O)c2)n1. The molecule has 2 aromatic carbocycles. The van der Waals surface area contributed by atoms with Crippen molar-refractivity contribution in [2.45, 2.75) is 6.42 Å². The first-order valence-corrected chi connectivity index (χ1v) is 8.79. The number of nitrogens with zero attached hydrogens (tertiary/aromatic N) is 2. The average Bonchev–Trinajstić information content (AvgIpc) is 2.70. The lowest BCUT2D eigenvalue weighted by Gasteiger charge is -2.11. The van der Waals surface area contributed by atoms with Crippen LogP contribution in [0.1, 0.15) is 15.9 Å². The van der Waals surface area contributed by atoms with Gasteiger partial charge in [0.1, 0.15) is 11.6 Å². The minimum atomic E-state index is -1.03. The van der Waals surface area contributed by atoms with Crippen LogP contribution in [0, 0.1) is 5.82 Å². The summed E-state index contributed by atoms with van der Waals surface area (Å²) in [4.78, 5) is 19.7. The number of carboxylic acid groups (broad SMARTS) is 1. The molecule has 1 aromatic heterocycles. The largest absolute Gasteiger partial charge is 0.478 e. The smallest absolute Gasteiger partial charge is 0.335 e. The first kappa shape index (κ1) is 19.6. The van der Waals surface area contributed by atoms with E-state index in [0.29, 0.717) is 40.6 Å². The maximum Gasteiger partial charge on any atom is 0.335 e. The summed E-state index contributed by atoms with van der Waals surface area (Å²) in [5, 5.41) is 12.6. The summed E-state index contributed by atoms with van der Waals surface area (Å²) in [5.41, 5.74) is 1.69. The van der Waals surface area contributed by atoms with Gasteiger partial charge in [-0.15, -0.1) is 0 Å². The zero-order chi connectivity index (χ0) is 20.1. The highest BCUT2D eigenvalue weighted by atomic mass is 35.5. The van der Waals surface area contributed by atoms with Gasteiger partial charge in [0.05, 0.1) is 18.4 Å². The summed E-state index contributed by atoms with van der Waals surface area (Å²) in [6.45, 7) is 0.384. The van der Waals surface area contributed by atoms with Gasteiger partial charge in [0.15, 0.2) is 0 Å². The summed E-state index contributed by atoms with van der Waals surface area (Å²) in [6.07, 6.45) is 0.363. The Morgan fingerprint density at radius 1 is 1.21 bits per heavy atom. The van der Waals surface area contributed by atoms with Crippen molar-refractivity contribution in [2.24, 2.45) is 0 Å². The molecule has 2 N–H and O–H groups in total. The number of benzene rings is 2. The molecule has 144 valence electrons. The number of nitrogens with one attached hydrogen (secondary N) is 1. The van der Waals surface area contributed by atoms with Crippen LogP contribution in [-0.2, 0) is 6.42 Å². The van der Waals surface area contributed by atoms with Crippen LogP contribution in [0.4, 0.5) is 10.2 Å². The van der Waals surface area contributed by atoms with Crippen molar-refractivity contribution < 1.29 is 19.0 Å². The molecule has 0 fully saturated rings. The highest BCUT2D eigenvalue weighted by Gasteiger charge is 2.11. The van der Waals surface area contributed by atoms with Crippen LogP contribution in [0.5, 0.6) is 6.01 Å². The molecule has 0 aliphatic carbocycles. The lowest BCUT2D eigenvalue weighted by Crippen LogP contribution is -2.09. The van der Waals surface area contributed by atoms with E-state index in [2.05, 4.69) is 15.3 Å². The Morgan fingerprint density at radius 2 is 2.00 bits per heavy atom. The monoisotopic (exact) mass is 401 g/mol. The second kappa shape index (κ2) is 8.67. The first-order chi connectivity index (χ1) is 13.5. The Labute approximate surface area is 166 Å². The maximum absolute atomic E-state index is 13.9. The van der Waals surface area contributed by atoms with Gasteiger partial charge in [0, 0.05) is 28.8 Å². The number of carboxylic acids is 1. The number of carbonyl (C=O) groups is 1. The molecule has 0 unspecified atom stereocenters. The average molecular weight is 402 g/mol. The van der Waals surface area contributed by atoms with Gasteiger partial charge < -0.3 is 15.2 Å². The quantitative estimate of drug-likeness (QED) is 0.614. The summed E-state index contributed by atoms with van der Waals surface area (Å²) < 4.78 is 19.0.